The first-order valence-electron chi connectivity index (χ1n) is 5.92. The summed E-state index contributed by atoms with van der Waals surface area (Å²) in [4.78, 5) is 6.99. The van der Waals surface area contributed by atoms with Gasteiger partial charge in [0.15, 0.2) is 0 Å². The Bertz CT molecular complexity index is 340. The van der Waals surface area contributed by atoms with Crippen molar-refractivity contribution < 1.29 is 5.11 Å². The van der Waals surface area contributed by atoms with Crippen molar-refractivity contribution in [3.63, 3.8) is 0 Å². The summed E-state index contributed by atoms with van der Waals surface area (Å²) in [6, 6.07) is 0. The predicted molar refractivity (Wildman–Crippen MR) is 66.9 cm³/mol. The fraction of sp³-hybridized carbons (Fsp3) is 0.750. The second-order valence-electron chi connectivity index (χ2n) is 4.87. The number of rotatable bonds is 4. The van der Waals surface area contributed by atoms with Crippen molar-refractivity contribution in [1.29, 1.82) is 0 Å². The quantitative estimate of drug-likeness (QED) is 0.871. The normalized spacial score (nSPS) is 23.8. The molecule has 0 aromatic carbocycles. The van der Waals surface area contributed by atoms with Crippen molar-refractivity contribution in [2.75, 3.05) is 26.7 Å². The van der Waals surface area contributed by atoms with Gasteiger partial charge in [-0.1, -0.05) is 6.92 Å². The van der Waals surface area contributed by atoms with Crippen LogP contribution in [0.3, 0.4) is 0 Å². The zero-order valence-corrected chi connectivity index (χ0v) is 10.8. The van der Waals surface area contributed by atoms with Crippen molar-refractivity contribution in [2.24, 2.45) is 5.92 Å². The van der Waals surface area contributed by atoms with E-state index in [2.05, 4.69) is 22.3 Å². The summed E-state index contributed by atoms with van der Waals surface area (Å²) in [6.45, 7) is 4.62. The van der Waals surface area contributed by atoms with Crippen LogP contribution >= 0.6 is 11.3 Å². The van der Waals surface area contributed by atoms with Crippen molar-refractivity contribution in [3.05, 3.63) is 16.1 Å². The number of nitrogens with zero attached hydrogens (tertiary/aromatic N) is 2. The third-order valence-electron chi connectivity index (χ3n) is 3.30. The summed E-state index contributed by atoms with van der Waals surface area (Å²) < 4.78 is 0. The lowest BCUT2D eigenvalue weighted by molar-refractivity contribution is 0.271. The third-order valence-corrected chi connectivity index (χ3v) is 4.19. The van der Waals surface area contributed by atoms with Gasteiger partial charge in [0.2, 0.25) is 0 Å². The largest absolute Gasteiger partial charge is 0.396 e. The lowest BCUT2D eigenvalue weighted by atomic mass is 10.1. The van der Waals surface area contributed by atoms with Crippen molar-refractivity contribution in [2.45, 2.75) is 25.7 Å². The van der Waals surface area contributed by atoms with Crippen LogP contribution in [0.5, 0.6) is 0 Å². The molecule has 1 fully saturated rings. The Kier molecular flexibility index (Phi) is 3.95. The zero-order chi connectivity index (χ0) is 11.5. The zero-order valence-electron chi connectivity index (χ0n) is 10.0. The molecule has 4 heteroatoms. The number of thiazole rings is 1. The summed E-state index contributed by atoms with van der Waals surface area (Å²) in [5.41, 5.74) is 1.05. The van der Waals surface area contributed by atoms with Crippen LogP contribution in [-0.4, -0.2) is 41.7 Å². The molecule has 0 aliphatic carbocycles. The predicted octanol–water partition coefficient (Wildman–Crippen LogP) is 1.73. The van der Waals surface area contributed by atoms with E-state index in [0.717, 1.165) is 18.0 Å². The van der Waals surface area contributed by atoms with E-state index >= 15 is 0 Å². The van der Waals surface area contributed by atoms with Crippen LogP contribution in [0.25, 0.3) is 0 Å². The van der Waals surface area contributed by atoms with Crippen LogP contribution in [0.1, 0.15) is 30.0 Å². The number of likely N-dealkylation sites (tertiary alicyclic amines) is 1. The van der Waals surface area contributed by atoms with Crippen LogP contribution < -0.4 is 0 Å². The van der Waals surface area contributed by atoms with Gasteiger partial charge in [-0.3, -0.25) is 0 Å². The van der Waals surface area contributed by atoms with Gasteiger partial charge in [-0.05, 0) is 25.9 Å². The first-order valence-corrected chi connectivity index (χ1v) is 6.80. The number of aliphatic hydroxyl groups is 1. The van der Waals surface area contributed by atoms with E-state index in [1.54, 1.807) is 11.3 Å². The fourth-order valence-electron chi connectivity index (χ4n) is 2.18. The Morgan fingerprint density at radius 2 is 2.50 bits per heavy atom. The molecule has 1 aromatic heterocycles. The smallest absolute Gasteiger partial charge is 0.0931 e. The molecule has 1 saturated heterocycles. The molecule has 90 valence electrons. The average Bonchev–Trinajstić information content (AvgIpc) is 2.87. The van der Waals surface area contributed by atoms with E-state index < -0.39 is 0 Å². The van der Waals surface area contributed by atoms with Crippen LogP contribution in [0.2, 0.25) is 0 Å². The molecule has 1 aliphatic rings. The highest BCUT2D eigenvalue weighted by atomic mass is 32.1. The minimum Gasteiger partial charge on any atom is -0.396 e. The summed E-state index contributed by atoms with van der Waals surface area (Å²) in [6.07, 6.45) is 2.40. The maximum atomic E-state index is 9.07. The molecule has 0 saturated carbocycles. The van der Waals surface area contributed by atoms with Gasteiger partial charge in [0, 0.05) is 24.3 Å². The molecular weight excluding hydrogens is 220 g/mol. The Morgan fingerprint density at radius 3 is 3.12 bits per heavy atom. The summed E-state index contributed by atoms with van der Waals surface area (Å²) in [7, 11) is 2.18. The van der Waals surface area contributed by atoms with Gasteiger partial charge in [-0.2, -0.15) is 0 Å². The van der Waals surface area contributed by atoms with Gasteiger partial charge < -0.3 is 10.0 Å². The summed E-state index contributed by atoms with van der Waals surface area (Å²) in [5, 5.41) is 12.4. The average molecular weight is 240 g/mol. The fourth-order valence-corrected chi connectivity index (χ4v) is 3.21. The lowest BCUT2D eigenvalue weighted by Gasteiger charge is -2.08. The Hall–Kier alpha value is -0.450. The minimum absolute atomic E-state index is 0.177. The highest BCUT2D eigenvalue weighted by Gasteiger charge is 2.21. The van der Waals surface area contributed by atoms with Crippen LogP contribution in [0, 0.1) is 5.92 Å². The van der Waals surface area contributed by atoms with Gasteiger partial charge in [0.1, 0.15) is 0 Å². The Balaban J connectivity index is 1.92. The van der Waals surface area contributed by atoms with Crippen molar-refractivity contribution >= 4 is 11.3 Å². The standard InChI is InChI=1S/C12H20N2OS/c1-9(7-15)11-8-16-12(13-11)5-10-3-4-14(2)6-10/h8-10,15H,3-7H2,1-2H3. The highest BCUT2D eigenvalue weighted by molar-refractivity contribution is 7.09. The second kappa shape index (κ2) is 5.25. The Labute approximate surface area is 101 Å². The first-order chi connectivity index (χ1) is 7.69. The van der Waals surface area contributed by atoms with E-state index in [0.29, 0.717) is 0 Å². The van der Waals surface area contributed by atoms with Crippen LogP contribution in [-0.2, 0) is 6.42 Å². The molecular formula is C12H20N2OS. The third kappa shape index (κ3) is 2.81. The highest BCUT2D eigenvalue weighted by Crippen LogP contribution is 2.24. The van der Waals surface area contributed by atoms with Gasteiger partial charge in [0.05, 0.1) is 17.3 Å². The van der Waals surface area contributed by atoms with Crippen molar-refractivity contribution in [3.8, 4) is 0 Å². The van der Waals surface area contributed by atoms with Crippen molar-refractivity contribution in [1.82, 2.24) is 9.88 Å². The number of hydrogen-bond acceptors (Lipinski definition) is 4. The van der Waals surface area contributed by atoms with Crippen LogP contribution in [0.15, 0.2) is 5.38 Å². The van der Waals surface area contributed by atoms with Gasteiger partial charge in [-0.15, -0.1) is 11.3 Å². The molecule has 2 rings (SSSR count). The molecule has 2 atom stereocenters. The van der Waals surface area contributed by atoms with Crippen LogP contribution in [0.4, 0.5) is 0 Å². The second-order valence-corrected chi connectivity index (χ2v) is 5.81. The summed E-state index contributed by atoms with van der Waals surface area (Å²) >= 11 is 1.74. The number of aromatic nitrogens is 1. The van der Waals surface area contributed by atoms with E-state index in [1.807, 2.05) is 6.92 Å². The minimum atomic E-state index is 0.177. The summed E-state index contributed by atoms with van der Waals surface area (Å²) in [5.74, 6) is 0.949. The molecule has 0 radical (unpaired) electrons. The molecule has 1 aromatic rings. The lowest BCUT2D eigenvalue weighted by Crippen LogP contribution is -2.15. The molecule has 16 heavy (non-hydrogen) atoms. The molecule has 2 unspecified atom stereocenters. The van der Waals surface area contributed by atoms with E-state index in [4.69, 9.17) is 5.11 Å². The molecule has 0 spiro atoms. The Morgan fingerprint density at radius 1 is 1.69 bits per heavy atom. The van der Waals surface area contributed by atoms with E-state index in [1.165, 1.54) is 24.5 Å². The monoisotopic (exact) mass is 240 g/mol. The topological polar surface area (TPSA) is 36.4 Å². The maximum absolute atomic E-state index is 9.07. The molecule has 3 nitrogen and oxygen atoms in total. The molecule has 0 amide bonds. The van der Waals surface area contributed by atoms with Gasteiger partial charge in [0.25, 0.3) is 0 Å². The van der Waals surface area contributed by atoms with E-state index in [9.17, 15) is 0 Å². The van der Waals surface area contributed by atoms with Gasteiger partial charge in [-0.25, -0.2) is 4.98 Å². The molecule has 1 N–H and O–H groups in total. The first kappa shape index (κ1) is 12.0. The molecule has 1 aliphatic heterocycles. The maximum Gasteiger partial charge on any atom is 0.0931 e. The number of aliphatic hydroxyl groups excluding tert-OH is 1. The van der Waals surface area contributed by atoms with Gasteiger partial charge >= 0.3 is 0 Å². The molecule has 2 heterocycles. The molecule has 0 bridgehead atoms. The SMILES string of the molecule is CC(CO)c1csc(CC2CCN(C)C2)n1. The van der Waals surface area contributed by atoms with E-state index in [-0.39, 0.29) is 12.5 Å². The number of hydrogen-bond donors (Lipinski definition) is 1.